The highest BCUT2D eigenvalue weighted by molar-refractivity contribution is 5.89. The minimum absolute atomic E-state index is 0.0225. The molecule has 0 bridgehead atoms. The molecule has 0 saturated carbocycles. The van der Waals surface area contributed by atoms with Crippen LogP contribution in [-0.2, 0) is 4.79 Å². The van der Waals surface area contributed by atoms with Gasteiger partial charge in [-0.15, -0.1) is 0 Å². The summed E-state index contributed by atoms with van der Waals surface area (Å²) in [6.45, 7) is 6.12. The van der Waals surface area contributed by atoms with Gasteiger partial charge in [-0.3, -0.25) is 9.89 Å². The molecule has 0 fully saturated rings. The highest BCUT2D eigenvalue weighted by Gasteiger charge is 2.06. The molecule has 0 atom stereocenters. The lowest BCUT2D eigenvalue weighted by molar-refractivity contribution is -0.116. The number of aromatic amines is 1. The predicted molar refractivity (Wildman–Crippen MR) is 56.2 cm³/mol. The molecule has 1 aromatic heterocycles. The highest BCUT2D eigenvalue weighted by Crippen LogP contribution is 2.14. The van der Waals surface area contributed by atoms with Crippen molar-refractivity contribution in [1.82, 2.24) is 10.2 Å². The Bertz CT molecular complexity index is 304. The molecular formula is C10H17N3O. The number of anilines is 1. The van der Waals surface area contributed by atoms with E-state index in [2.05, 4.69) is 29.4 Å². The lowest BCUT2D eigenvalue weighted by Crippen LogP contribution is -2.10. The van der Waals surface area contributed by atoms with Gasteiger partial charge in [0.2, 0.25) is 5.91 Å². The van der Waals surface area contributed by atoms with E-state index in [-0.39, 0.29) is 5.91 Å². The fourth-order valence-corrected chi connectivity index (χ4v) is 1.13. The maximum atomic E-state index is 11.2. The van der Waals surface area contributed by atoms with Crippen molar-refractivity contribution in [3.05, 3.63) is 11.8 Å². The van der Waals surface area contributed by atoms with Crippen molar-refractivity contribution in [2.75, 3.05) is 5.32 Å². The number of nitrogens with one attached hydrogen (secondary N) is 2. The Hall–Kier alpha value is -1.32. The topological polar surface area (TPSA) is 57.8 Å². The van der Waals surface area contributed by atoms with Crippen molar-refractivity contribution in [2.24, 2.45) is 0 Å². The Morgan fingerprint density at radius 2 is 2.36 bits per heavy atom. The Kier molecular flexibility index (Phi) is 3.68. The molecule has 0 aromatic carbocycles. The summed E-state index contributed by atoms with van der Waals surface area (Å²) >= 11 is 0. The molecule has 1 aromatic rings. The third kappa shape index (κ3) is 2.87. The van der Waals surface area contributed by atoms with Gasteiger partial charge in [0, 0.05) is 18.2 Å². The Labute approximate surface area is 84.1 Å². The maximum Gasteiger partial charge on any atom is 0.225 e. The first kappa shape index (κ1) is 10.8. The van der Waals surface area contributed by atoms with Crippen molar-refractivity contribution in [2.45, 2.75) is 39.5 Å². The highest BCUT2D eigenvalue weighted by atomic mass is 16.1. The van der Waals surface area contributed by atoms with E-state index in [4.69, 9.17) is 0 Å². The SMILES string of the molecule is CCCC(=O)Nc1cc(C(C)C)[nH]n1. The van der Waals surface area contributed by atoms with E-state index in [0.29, 0.717) is 18.2 Å². The zero-order valence-corrected chi connectivity index (χ0v) is 8.92. The van der Waals surface area contributed by atoms with E-state index < -0.39 is 0 Å². The van der Waals surface area contributed by atoms with E-state index in [1.165, 1.54) is 0 Å². The summed E-state index contributed by atoms with van der Waals surface area (Å²) in [5.74, 6) is 1.04. The number of H-pyrrole nitrogens is 1. The molecule has 78 valence electrons. The van der Waals surface area contributed by atoms with E-state index in [0.717, 1.165) is 12.1 Å². The van der Waals surface area contributed by atoms with Crippen LogP contribution in [0.1, 0.15) is 45.2 Å². The molecule has 4 nitrogen and oxygen atoms in total. The van der Waals surface area contributed by atoms with E-state index in [1.807, 2.05) is 13.0 Å². The van der Waals surface area contributed by atoms with Crippen molar-refractivity contribution in [1.29, 1.82) is 0 Å². The maximum absolute atomic E-state index is 11.2. The summed E-state index contributed by atoms with van der Waals surface area (Å²) < 4.78 is 0. The fraction of sp³-hybridized carbons (Fsp3) is 0.600. The molecule has 0 aliphatic rings. The second-order valence-corrected chi connectivity index (χ2v) is 3.66. The van der Waals surface area contributed by atoms with Crippen molar-refractivity contribution >= 4 is 11.7 Å². The number of amides is 1. The van der Waals surface area contributed by atoms with Gasteiger partial charge >= 0.3 is 0 Å². The Morgan fingerprint density at radius 1 is 1.64 bits per heavy atom. The molecule has 0 unspecified atom stereocenters. The Balaban J connectivity index is 2.55. The summed E-state index contributed by atoms with van der Waals surface area (Å²) in [5, 5.41) is 9.63. The van der Waals surface area contributed by atoms with Crippen LogP contribution < -0.4 is 5.32 Å². The van der Waals surface area contributed by atoms with Gasteiger partial charge in [0.25, 0.3) is 0 Å². The van der Waals surface area contributed by atoms with Crippen LogP contribution in [0.2, 0.25) is 0 Å². The summed E-state index contributed by atoms with van der Waals surface area (Å²) in [7, 11) is 0. The second kappa shape index (κ2) is 4.79. The molecule has 0 aliphatic heterocycles. The van der Waals surface area contributed by atoms with Gasteiger partial charge in [-0.2, -0.15) is 5.10 Å². The zero-order valence-electron chi connectivity index (χ0n) is 8.92. The number of aromatic nitrogens is 2. The van der Waals surface area contributed by atoms with Crippen LogP contribution in [0.15, 0.2) is 6.07 Å². The molecule has 1 amide bonds. The van der Waals surface area contributed by atoms with E-state index in [1.54, 1.807) is 0 Å². The summed E-state index contributed by atoms with van der Waals surface area (Å²) in [6.07, 6.45) is 1.40. The second-order valence-electron chi connectivity index (χ2n) is 3.66. The minimum Gasteiger partial charge on any atom is -0.309 e. The van der Waals surface area contributed by atoms with Gasteiger partial charge < -0.3 is 5.32 Å². The Morgan fingerprint density at radius 3 is 2.86 bits per heavy atom. The lowest BCUT2D eigenvalue weighted by atomic mass is 10.1. The summed E-state index contributed by atoms with van der Waals surface area (Å²) in [6, 6.07) is 1.87. The smallest absolute Gasteiger partial charge is 0.225 e. The number of carbonyl (C=O) groups excluding carboxylic acids is 1. The monoisotopic (exact) mass is 195 g/mol. The fourth-order valence-electron chi connectivity index (χ4n) is 1.13. The van der Waals surface area contributed by atoms with Gasteiger partial charge in [-0.1, -0.05) is 20.8 Å². The van der Waals surface area contributed by atoms with Crippen LogP contribution in [-0.4, -0.2) is 16.1 Å². The average molecular weight is 195 g/mol. The van der Waals surface area contributed by atoms with Gasteiger partial charge in [0.15, 0.2) is 5.82 Å². The van der Waals surface area contributed by atoms with Crippen LogP contribution in [0, 0.1) is 0 Å². The molecule has 1 heterocycles. The van der Waals surface area contributed by atoms with Crippen LogP contribution in [0.4, 0.5) is 5.82 Å². The summed E-state index contributed by atoms with van der Waals surface area (Å²) in [5.41, 5.74) is 1.04. The molecule has 0 radical (unpaired) electrons. The first-order valence-electron chi connectivity index (χ1n) is 4.98. The molecule has 1 rings (SSSR count). The molecule has 14 heavy (non-hydrogen) atoms. The molecular weight excluding hydrogens is 178 g/mol. The van der Waals surface area contributed by atoms with Crippen LogP contribution in [0.3, 0.4) is 0 Å². The number of hydrogen-bond acceptors (Lipinski definition) is 2. The first-order chi connectivity index (χ1) is 6.63. The third-order valence-electron chi connectivity index (χ3n) is 1.96. The molecule has 0 aliphatic carbocycles. The van der Waals surface area contributed by atoms with Crippen molar-refractivity contribution in [3.8, 4) is 0 Å². The van der Waals surface area contributed by atoms with E-state index in [9.17, 15) is 4.79 Å². The molecule has 2 N–H and O–H groups in total. The van der Waals surface area contributed by atoms with Crippen molar-refractivity contribution in [3.63, 3.8) is 0 Å². The third-order valence-corrected chi connectivity index (χ3v) is 1.96. The average Bonchev–Trinajstić information content (AvgIpc) is 2.53. The van der Waals surface area contributed by atoms with Gasteiger partial charge in [0.05, 0.1) is 0 Å². The van der Waals surface area contributed by atoms with Crippen LogP contribution >= 0.6 is 0 Å². The quantitative estimate of drug-likeness (QED) is 0.774. The lowest BCUT2D eigenvalue weighted by Gasteiger charge is -1.98. The van der Waals surface area contributed by atoms with Crippen molar-refractivity contribution < 1.29 is 4.79 Å². The number of nitrogens with zero attached hydrogens (tertiary/aromatic N) is 1. The molecule has 0 saturated heterocycles. The normalized spacial score (nSPS) is 10.6. The largest absolute Gasteiger partial charge is 0.309 e. The zero-order chi connectivity index (χ0) is 10.6. The van der Waals surface area contributed by atoms with Crippen LogP contribution in [0.5, 0.6) is 0 Å². The molecule has 4 heteroatoms. The summed E-state index contributed by atoms with van der Waals surface area (Å²) in [4.78, 5) is 11.2. The standard InChI is InChI=1S/C10H17N3O/c1-4-5-10(14)11-9-6-8(7(2)3)12-13-9/h6-7H,4-5H2,1-3H3,(H2,11,12,13,14). The molecule has 0 spiro atoms. The van der Waals surface area contributed by atoms with Crippen LogP contribution in [0.25, 0.3) is 0 Å². The predicted octanol–water partition coefficient (Wildman–Crippen LogP) is 2.27. The van der Waals surface area contributed by atoms with Gasteiger partial charge in [-0.25, -0.2) is 0 Å². The van der Waals surface area contributed by atoms with Gasteiger partial charge in [-0.05, 0) is 12.3 Å². The number of rotatable bonds is 4. The minimum atomic E-state index is 0.0225. The number of carbonyl (C=O) groups is 1. The first-order valence-corrected chi connectivity index (χ1v) is 4.98. The van der Waals surface area contributed by atoms with Gasteiger partial charge in [0.1, 0.15) is 0 Å². The van der Waals surface area contributed by atoms with E-state index >= 15 is 0 Å². The number of hydrogen-bond donors (Lipinski definition) is 2.